The van der Waals surface area contributed by atoms with Crippen LogP contribution < -0.4 is 5.73 Å². The lowest BCUT2D eigenvalue weighted by Gasteiger charge is -1.99. The van der Waals surface area contributed by atoms with Gasteiger partial charge in [-0.3, -0.25) is 0 Å². The molecule has 1 heterocycles. The molecule has 0 radical (unpaired) electrons. The Morgan fingerprint density at radius 2 is 2.21 bits per heavy atom. The Hall–Kier alpha value is -1.36. The van der Waals surface area contributed by atoms with Crippen molar-refractivity contribution in [2.24, 2.45) is 0 Å². The Kier molecular flexibility index (Phi) is 2.25. The highest BCUT2D eigenvalue weighted by molar-refractivity contribution is 9.10. The number of nitrogens with zero attached hydrogens (tertiary/aromatic N) is 1. The van der Waals surface area contributed by atoms with E-state index in [1.165, 1.54) is 6.07 Å². The van der Waals surface area contributed by atoms with Gasteiger partial charge in [0.25, 0.3) is 0 Å². The second-order valence-corrected chi connectivity index (χ2v) is 3.67. The summed E-state index contributed by atoms with van der Waals surface area (Å²) in [5, 5.41) is 0. The molecule has 0 unspecified atom stereocenters. The van der Waals surface area contributed by atoms with E-state index in [0.29, 0.717) is 10.4 Å². The molecule has 72 valence electrons. The summed E-state index contributed by atoms with van der Waals surface area (Å²) < 4.78 is 13.3. The summed E-state index contributed by atoms with van der Waals surface area (Å²) in [6.45, 7) is 0. The number of nitrogen functional groups attached to an aromatic ring is 1. The normalized spacial score (nSPS) is 10.4. The standard InChI is InChI=1S/C9H7BrFN3/c10-6-3-5(1-2-7(6)11)8-4-13-9(12)14-8/h1-4H,(H3,12,13,14). The maximum Gasteiger partial charge on any atom is 0.197 e. The molecule has 0 aliphatic rings. The average Bonchev–Trinajstić information content (AvgIpc) is 2.57. The van der Waals surface area contributed by atoms with Gasteiger partial charge in [-0.05, 0) is 34.1 Å². The minimum atomic E-state index is -0.291. The summed E-state index contributed by atoms with van der Waals surface area (Å²) in [6, 6.07) is 4.71. The first kappa shape index (κ1) is 9.21. The molecule has 0 fully saturated rings. The maximum absolute atomic E-state index is 12.9. The first-order valence-electron chi connectivity index (χ1n) is 3.93. The fraction of sp³-hybridized carbons (Fsp3) is 0. The summed E-state index contributed by atoms with van der Waals surface area (Å²) >= 11 is 3.11. The number of halogens is 2. The predicted molar refractivity (Wildman–Crippen MR) is 56.1 cm³/mol. The molecule has 2 aromatic rings. The van der Waals surface area contributed by atoms with E-state index in [4.69, 9.17) is 5.73 Å². The molecule has 1 aromatic heterocycles. The second kappa shape index (κ2) is 3.42. The van der Waals surface area contributed by atoms with Crippen LogP contribution in [-0.4, -0.2) is 9.97 Å². The van der Waals surface area contributed by atoms with Gasteiger partial charge in [0.2, 0.25) is 0 Å². The van der Waals surface area contributed by atoms with E-state index in [2.05, 4.69) is 25.9 Å². The molecule has 5 heteroatoms. The largest absolute Gasteiger partial charge is 0.369 e. The van der Waals surface area contributed by atoms with Gasteiger partial charge in [-0.15, -0.1) is 0 Å². The number of aromatic amines is 1. The number of nitrogens with one attached hydrogen (secondary N) is 1. The summed E-state index contributed by atoms with van der Waals surface area (Å²) in [5.74, 6) is 0.0571. The molecular formula is C9H7BrFN3. The van der Waals surface area contributed by atoms with E-state index in [1.54, 1.807) is 18.3 Å². The molecular weight excluding hydrogens is 249 g/mol. The van der Waals surface area contributed by atoms with Crippen molar-refractivity contribution in [3.8, 4) is 11.3 Å². The van der Waals surface area contributed by atoms with Crippen molar-refractivity contribution in [3.63, 3.8) is 0 Å². The van der Waals surface area contributed by atoms with Gasteiger partial charge in [-0.25, -0.2) is 9.37 Å². The molecule has 14 heavy (non-hydrogen) atoms. The van der Waals surface area contributed by atoms with Crippen molar-refractivity contribution in [1.82, 2.24) is 9.97 Å². The molecule has 0 saturated carbocycles. The monoisotopic (exact) mass is 255 g/mol. The predicted octanol–water partition coefficient (Wildman–Crippen LogP) is 2.56. The van der Waals surface area contributed by atoms with Crippen molar-refractivity contribution in [1.29, 1.82) is 0 Å². The Labute approximate surface area is 88.3 Å². The van der Waals surface area contributed by atoms with Crippen LogP contribution in [0.4, 0.5) is 10.3 Å². The summed E-state index contributed by atoms with van der Waals surface area (Å²) in [7, 11) is 0. The number of imidazole rings is 1. The molecule has 3 nitrogen and oxygen atoms in total. The zero-order chi connectivity index (χ0) is 10.1. The number of benzene rings is 1. The number of aromatic nitrogens is 2. The van der Waals surface area contributed by atoms with Gasteiger partial charge in [0.1, 0.15) is 5.82 Å². The highest BCUT2D eigenvalue weighted by Crippen LogP contribution is 2.23. The molecule has 2 rings (SSSR count). The van der Waals surface area contributed by atoms with Crippen LogP contribution in [0.3, 0.4) is 0 Å². The Morgan fingerprint density at radius 3 is 2.79 bits per heavy atom. The molecule has 0 amide bonds. The van der Waals surface area contributed by atoms with Gasteiger partial charge in [0.15, 0.2) is 5.95 Å². The lowest BCUT2D eigenvalue weighted by Crippen LogP contribution is -1.86. The zero-order valence-electron chi connectivity index (χ0n) is 7.09. The first-order valence-corrected chi connectivity index (χ1v) is 4.72. The van der Waals surface area contributed by atoms with Gasteiger partial charge in [-0.1, -0.05) is 0 Å². The van der Waals surface area contributed by atoms with Gasteiger partial charge in [0, 0.05) is 5.56 Å². The highest BCUT2D eigenvalue weighted by Gasteiger charge is 2.04. The van der Waals surface area contributed by atoms with Crippen molar-refractivity contribution in [2.45, 2.75) is 0 Å². The Balaban J connectivity index is 2.47. The fourth-order valence-electron chi connectivity index (χ4n) is 1.15. The van der Waals surface area contributed by atoms with Gasteiger partial charge in [-0.2, -0.15) is 0 Å². The van der Waals surface area contributed by atoms with Crippen LogP contribution in [0.25, 0.3) is 11.3 Å². The van der Waals surface area contributed by atoms with Crippen LogP contribution in [0.15, 0.2) is 28.9 Å². The Bertz CT molecular complexity index is 467. The van der Waals surface area contributed by atoms with Crippen LogP contribution in [0, 0.1) is 5.82 Å². The van der Waals surface area contributed by atoms with Gasteiger partial charge < -0.3 is 10.7 Å². The van der Waals surface area contributed by atoms with E-state index in [-0.39, 0.29) is 5.82 Å². The SMILES string of the molecule is Nc1ncc(-c2ccc(F)c(Br)c2)[nH]1. The minimum Gasteiger partial charge on any atom is -0.369 e. The van der Waals surface area contributed by atoms with Crippen LogP contribution >= 0.6 is 15.9 Å². The van der Waals surface area contributed by atoms with E-state index < -0.39 is 0 Å². The van der Waals surface area contributed by atoms with Gasteiger partial charge >= 0.3 is 0 Å². The minimum absolute atomic E-state index is 0.291. The summed E-state index contributed by atoms with van der Waals surface area (Å²) in [4.78, 5) is 6.72. The third-order valence-electron chi connectivity index (χ3n) is 1.83. The molecule has 0 spiro atoms. The molecule has 1 aromatic carbocycles. The van der Waals surface area contributed by atoms with Crippen molar-refractivity contribution in [2.75, 3.05) is 5.73 Å². The first-order chi connectivity index (χ1) is 6.66. The van der Waals surface area contributed by atoms with E-state index >= 15 is 0 Å². The highest BCUT2D eigenvalue weighted by atomic mass is 79.9. The number of rotatable bonds is 1. The third kappa shape index (κ3) is 1.63. The smallest absolute Gasteiger partial charge is 0.197 e. The maximum atomic E-state index is 12.9. The summed E-state index contributed by atoms with van der Waals surface area (Å²) in [6.07, 6.45) is 1.61. The number of hydrogen-bond acceptors (Lipinski definition) is 2. The molecule has 0 saturated heterocycles. The zero-order valence-corrected chi connectivity index (χ0v) is 8.68. The van der Waals surface area contributed by atoms with Crippen LogP contribution in [0.2, 0.25) is 0 Å². The number of nitrogens with two attached hydrogens (primary N) is 1. The molecule has 3 N–H and O–H groups in total. The van der Waals surface area contributed by atoms with Crippen molar-refractivity contribution < 1.29 is 4.39 Å². The molecule has 0 atom stereocenters. The van der Waals surface area contributed by atoms with Crippen LogP contribution in [0.5, 0.6) is 0 Å². The second-order valence-electron chi connectivity index (χ2n) is 2.81. The Morgan fingerprint density at radius 1 is 1.43 bits per heavy atom. The van der Waals surface area contributed by atoms with Crippen LogP contribution in [0.1, 0.15) is 0 Å². The summed E-state index contributed by atoms with van der Waals surface area (Å²) in [5.41, 5.74) is 7.03. The van der Waals surface area contributed by atoms with Crippen molar-refractivity contribution in [3.05, 3.63) is 34.7 Å². The molecule has 0 aliphatic carbocycles. The number of hydrogen-bond donors (Lipinski definition) is 2. The number of H-pyrrole nitrogens is 1. The fourth-order valence-corrected chi connectivity index (χ4v) is 1.53. The van der Waals surface area contributed by atoms with Gasteiger partial charge in [0.05, 0.1) is 16.4 Å². The average molecular weight is 256 g/mol. The molecule has 0 aliphatic heterocycles. The van der Waals surface area contributed by atoms with E-state index in [1.807, 2.05) is 0 Å². The quantitative estimate of drug-likeness (QED) is 0.823. The van der Waals surface area contributed by atoms with E-state index in [9.17, 15) is 4.39 Å². The van der Waals surface area contributed by atoms with Crippen LogP contribution in [-0.2, 0) is 0 Å². The topological polar surface area (TPSA) is 54.7 Å². The third-order valence-corrected chi connectivity index (χ3v) is 2.43. The lowest BCUT2D eigenvalue weighted by atomic mass is 10.2. The molecule has 0 bridgehead atoms. The lowest BCUT2D eigenvalue weighted by molar-refractivity contribution is 0.621. The van der Waals surface area contributed by atoms with E-state index in [0.717, 1.165) is 11.3 Å². The number of anilines is 1. The van der Waals surface area contributed by atoms with Crippen molar-refractivity contribution >= 4 is 21.9 Å².